The maximum Gasteiger partial charge on any atom is 0.111 e. The SMILES string of the molecule is ClCCc1nc2cc(Cl)ccc2n1Cc1sccc1Br. The van der Waals surface area contributed by atoms with Crippen LogP contribution in [-0.2, 0) is 13.0 Å². The predicted octanol–water partition coefficient (Wildman–Crippen LogP) is 5.34. The molecule has 0 bridgehead atoms. The van der Waals surface area contributed by atoms with Gasteiger partial charge in [-0.3, -0.25) is 0 Å². The Morgan fingerprint density at radius 2 is 2.15 bits per heavy atom. The van der Waals surface area contributed by atoms with Crippen LogP contribution in [0.2, 0.25) is 5.02 Å². The molecule has 0 atom stereocenters. The van der Waals surface area contributed by atoms with Gasteiger partial charge in [0.1, 0.15) is 5.82 Å². The summed E-state index contributed by atoms with van der Waals surface area (Å²) < 4.78 is 3.35. The van der Waals surface area contributed by atoms with E-state index in [0.29, 0.717) is 10.9 Å². The van der Waals surface area contributed by atoms with Crippen LogP contribution in [0.4, 0.5) is 0 Å². The number of halogens is 3. The summed E-state index contributed by atoms with van der Waals surface area (Å²) in [5, 5.41) is 2.79. The van der Waals surface area contributed by atoms with Crippen molar-refractivity contribution >= 4 is 61.5 Å². The molecule has 0 saturated heterocycles. The fourth-order valence-corrected chi connectivity index (χ4v) is 3.99. The summed E-state index contributed by atoms with van der Waals surface area (Å²) in [5.74, 6) is 1.56. The van der Waals surface area contributed by atoms with Gasteiger partial charge in [0.25, 0.3) is 0 Å². The van der Waals surface area contributed by atoms with E-state index >= 15 is 0 Å². The first-order valence-corrected chi connectivity index (χ1v) is 8.70. The molecule has 0 spiro atoms. The molecule has 1 aromatic carbocycles. The van der Waals surface area contributed by atoms with Gasteiger partial charge in [0, 0.05) is 26.7 Å². The number of fused-ring (bicyclic) bond motifs is 1. The lowest BCUT2D eigenvalue weighted by Crippen LogP contribution is -2.05. The summed E-state index contributed by atoms with van der Waals surface area (Å²) in [4.78, 5) is 5.93. The van der Waals surface area contributed by atoms with Crippen LogP contribution in [0, 0.1) is 0 Å². The van der Waals surface area contributed by atoms with E-state index < -0.39 is 0 Å². The van der Waals surface area contributed by atoms with Gasteiger partial charge in [-0.25, -0.2) is 4.98 Å². The molecule has 0 aliphatic heterocycles. The second-order valence-corrected chi connectivity index (χ2v) is 7.05. The van der Waals surface area contributed by atoms with Gasteiger partial charge in [0.2, 0.25) is 0 Å². The van der Waals surface area contributed by atoms with E-state index in [-0.39, 0.29) is 0 Å². The van der Waals surface area contributed by atoms with Gasteiger partial charge in [-0.15, -0.1) is 22.9 Å². The summed E-state index contributed by atoms with van der Waals surface area (Å²) >= 11 is 17.3. The Hall–Kier alpha value is -0.550. The highest BCUT2D eigenvalue weighted by atomic mass is 79.9. The summed E-state index contributed by atoms with van der Waals surface area (Å²) in [6.07, 6.45) is 0.747. The zero-order valence-corrected chi connectivity index (χ0v) is 14.4. The van der Waals surface area contributed by atoms with Crippen LogP contribution in [0.1, 0.15) is 10.7 Å². The highest BCUT2D eigenvalue weighted by molar-refractivity contribution is 9.10. The van der Waals surface area contributed by atoms with E-state index in [2.05, 4.69) is 36.9 Å². The summed E-state index contributed by atoms with van der Waals surface area (Å²) in [6, 6.07) is 7.88. The normalized spacial score (nSPS) is 11.3. The van der Waals surface area contributed by atoms with Gasteiger partial charge in [-0.1, -0.05) is 11.6 Å². The molecule has 104 valence electrons. The van der Waals surface area contributed by atoms with Crippen molar-refractivity contribution in [2.24, 2.45) is 0 Å². The molecule has 0 amide bonds. The summed E-state index contributed by atoms with van der Waals surface area (Å²) in [5.41, 5.74) is 2.01. The van der Waals surface area contributed by atoms with Crippen LogP contribution in [0.15, 0.2) is 34.1 Å². The lowest BCUT2D eigenvalue weighted by atomic mass is 10.3. The smallest absolute Gasteiger partial charge is 0.111 e. The van der Waals surface area contributed by atoms with E-state index in [1.807, 2.05) is 18.2 Å². The second kappa shape index (κ2) is 6.06. The minimum absolute atomic E-state index is 0.558. The van der Waals surface area contributed by atoms with E-state index in [4.69, 9.17) is 23.2 Å². The Morgan fingerprint density at radius 1 is 1.30 bits per heavy atom. The zero-order chi connectivity index (χ0) is 14.1. The maximum absolute atomic E-state index is 6.04. The largest absolute Gasteiger partial charge is 0.323 e. The van der Waals surface area contributed by atoms with Gasteiger partial charge >= 0.3 is 0 Å². The van der Waals surface area contributed by atoms with Crippen molar-refractivity contribution in [1.29, 1.82) is 0 Å². The molecule has 20 heavy (non-hydrogen) atoms. The molecule has 0 unspecified atom stereocenters. The third kappa shape index (κ3) is 2.75. The third-order valence-corrected chi connectivity index (χ3v) is 5.44. The highest BCUT2D eigenvalue weighted by Crippen LogP contribution is 2.27. The number of nitrogens with zero attached hydrogens (tertiary/aromatic N) is 2. The van der Waals surface area contributed by atoms with Crippen LogP contribution in [0.25, 0.3) is 11.0 Å². The third-order valence-electron chi connectivity index (χ3n) is 3.10. The molecular formula is C14H11BrCl2N2S. The second-order valence-electron chi connectivity index (χ2n) is 4.38. The molecule has 0 N–H and O–H groups in total. The topological polar surface area (TPSA) is 17.8 Å². The van der Waals surface area contributed by atoms with E-state index in [1.165, 1.54) is 4.88 Å². The molecule has 0 saturated carbocycles. The van der Waals surface area contributed by atoms with E-state index in [1.54, 1.807) is 11.3 Å². The van der Waals surface area contributed by atoms with Crippen molar-refractivity contribution in [1.82, 2.24) is 9.55 Å². The van der Waals surface area contributed by atoms with E-state index in [9.17, 15) is 0 Å². The number of rotatable bonds is 4. The number of hydrogen-bond acceptors (Lipinski definition) is 2. The van der Waals surface area contributed by atoms with Crippen molar-refractivity contribution < 1.29 is 0 Å². The average Bonchev–Trinajstić information content (AvgIpc) is 2.96. The number of benzene rings is 1. The number of aryl methyl sites for hydroxylation is 1. The predicted molar refractivity (Wildman–Crippen MR) is 90.3 cm³/mol. The first-order valence-electron chi connectivity index (χ1n) is 6.11. The minimum Gasteiger partial charge on any atom is -0.323 e. The molecule has 6 heteroatoms. The molecule has 0 radical (unpaired) electrons. The molecule has 2 aromatic heterocycles. The lowest BCUT2D eigenvalue weighted by Gasteiger charge is -2.07. The number of thiophene rings is 1. The van der Waals surface area contributed by atoms with Crippen molar-refractivity contribution in [2.45, 2.75) is 13.0 Å². The number of aromatic nitrogens is 2. The number of imidazole rings is 1. The van der Waals surface area contributed by atoms with Crippen LogP contribution < -0.4 is 0 Å². The highest BCUT2D eigenvalue weighted by Gasteiger charge is 2.13. The van der Waals surface area contributed by atoms with Gasteiger partial charge in [-0.05, 0) is 45.6 Å². The molecule has 0 aliphatic rings. The van der Waals surface area contributed by atoms with Crippen LogP contribution >= 0.6 is 50.5 Å². The maximum atomic E-state index is 6.04. The number of alkyl halides is 1. The van der Waals surface area contributed by atoms with Crippen molar-refractivity contribution in [2.75, 3.05) is 5.88 Å². The minimum atomic E-state index is 0.558. The fraction of sp³-hybridized carbons (Fsp3) is 0.214. The molecular weight excluding hydrogens is 379 g/mol. The molecule has 2 heterocycles. The van der Waals surface area contributed by atoms with Crippen LogP contribution in [0.5, 0.6) is 0 Å². The van der Waals surface area contributed by atoms with Crippen molar-refractivity contribution in [3.05, 3.63) is 49.8 Å². The Balaban J connectivity index is 2.11. The fourth-order valence-electron chi connectivity index (χ4n) is 2.19. The molecule has 0 aliphatic carbocycles. The Morgan fingerprint density at radius 3 is 2.85 bits per heavy atom. The first-order chi connectivity index (χ1) is 9.69. The van der Waals surface area contributed by atoms with E-state index in [0.717, 1.165) is 34.3 Å². The summed E-state index contributed by atoms with van der Waals surface area (Å²) in [6.45, 7) is 0.794. The molecule has 2 nitrogen and oxygen atoms in total. The Bertz CT molecular complexity index is 751. The van der Waals surface area contributed by atoms with Crippen LogP contribution in [-0.4, -0.2) is 15.4 Å². The standard InChI is InChI=1S/C14H11BrCl2N2S/c15-10-4-6-20-13(10)8-19-12-2-1-9(17)7-11(12)18-14(19)3-5-16/h1-2,4,6-7H,3,5,8H2. The first kappa shape index (κ1) is 14.4. The number of hydrogen-bond donors (Lipinski definition) is 0. The molecule has 3 aromatic rings. The van der Waals surface area contributed by atoms with Gasteiger partial charge in [0.15, 0.2) is 0 Å². The quantitative estimate of drug-likeness (QED) is 0.550. The van der Waals surface area contributed by atoms with Crippen molar-refractivity contribution in [3.8, 4) is 0 Å². The molecule has 3 rings (SSSR count). The van der Waals surface area contributed by atoms with Crippen molar-refractivity contribution in [3.63, 3.8) is 0 Å². The van der Waals surface area contributed by atoms with Crippen LogP contribution in [0.3, 0.4) is 0 Å². The van der Waals surface area contributed by atoms with Gasteiger partial charge in [0.05, 0.1) is 17.6 Å². The van der Waals surface area contributed by atoms with Gasteiger partial charge in [-0.2, -0.15) is 0 Å². The Kier molecular flexibility index (Phi) is 4.36. The lowest BCUT2D eigenvalue weighted by molar-refractivity contribution is 0.761. The monoisotopic (exact) mass is 388 g/mol. The zero-order valence-electron chi connectivity index (χ0n) is 10.4. The summed E-state index contributed by atoms with van der Waals surface area (Å²) in [7, 11) is 0. The van der Waals surface area contributed by atoms with Gasteiger partial charge < -0.3 is 4.57 Å². The molecule has 0 fully saturated rings. The average molecular weight is 390 g/mol. The Labute approximate surface area is 139 Å².